The standard InChI is InChI=1S/C10H20N2O2/c1-8(13)11-6-7-12(9(2)14)10(3,4)5/h6-7H2,1-5H3,(H,11,13). The molecular weight excluding hydrogens is 180 g/mol. The van der Waals surface area contributed by atoms with Crippen molar-refractivity contribution >= 4 is 11.8 Å². The molecule has 0 atom stereocenters. The minimum absolute atomic E-state index is 0.0304. The van der Waals surface area contributed by atoms with E-state index < -0.39 is 0 Å². The van der Waals surface area contributed by atoms with Crippen LogP contribution in [0.2, 0.25) is 0 Å². The molecule has 0 heterocycles. The molecule has 0 aliphatic heterocycles. The van der Waals surface area contributed by atoms with Crippen molar-refractivity contribution in [2.24, 2.45) is 0 Å². The fourth-order valence-corrected chi connectivity index (χ4v) is 1.31. The summed E-state index contributed by atoms with van der Waals surface area (Å²) in [6, 6.07) is 0. The van der Waals surface area contributed by atoms with Gasteiger partial charge in [-0.2, -0.15) is 0 Å². The highest BCUT2D eigenvalue weighted by Crippen LogP contribution is 2.12. The van der Waals surface area contributed by atoms with Gasteiger partial charge in [0.1, 0.15) is 0 Å². The lowest BCUT2D eigenvalue weighted by Crippen LogP contribution is -2.47. The second-order valence-corrected chi connectivity index (χ2v) is 4.32. The largest absolute Gasteiger partial charge is 0.355 e. The molecule has 14 heavy (non-hydrogen) atoms. The van der Waals surface area contributed by atoms with Crippen molar-refractivity contribution in [2.75, 3.05) is 13.1 Å². The summed E-state index contributed by atoms with van der Waals surface area (Å²) in [5.41, 5.74) is -0.190. The molecule has 0 aromatic carbocycles. The third-order valence-electron chi connectivity index (χ3n) is 1.90. The minimum atomic E-state index is -0.190. The van der Waals surface area contributed by atoms with E-state index in [1.165, 1.54) is 6.92 Å². The molecule has 0 bridgehead atoms. The van der Waals surface area contributed by atoms with Crippen LogP contribution in [0.5, 0.6) is 0 Å². The Morgan fingerprint density at radius 2 is 1.71 bits per heavy atom. The van der Waals surface area contributed by atoms with E-state index in [-0.39, 0.29) is 17.4 Å². The Labute approximate surface area is 85.7 Å². The minimum Gasteiger partial charge on any atom is -0.355 e. The third kappa shape index (κ3) is 4.84. The van der Waals surface area contributed by atoms with Crippen molar-refractivity contribution < 1.29 is 9.59 Å². The number of nitrogens with zero attached hydrogens (tertiary/aromatic N) is 1. The zero-order chi connectivity index (χ0) is 11.4. The molecule has 0 aromatic rings. The Bertz CT molecular complexity index is 219. The first-order valence-corrected chi connectivity index (χ1v) is 4.78. The van der Waals surface area contributed by atoms with Crippen molar-refractivity contribution in [3.63, 3.8) is 0 Å². The maximum Gasteiger partial charge on any atom is 0.219 e. The van der Waals surface area contributed by atoms with Gasteiger partial charge in [-0.3, -0.25) is 9.59 Å². The summed E-state index contributed by atoms with van der Waals surface area (Å²) < 4.78 is 0. The van der Waals surface area contributed by atoms with Gasteiger partial charge >= 0.3 is 0 Å². The van der Waals surface area contributed by atoms with E-state index in [0.29, 0.717) is 13.1 Å². The number of hydrogen-bond donors (Lipinski definition) is 1. The van der Waals surface area contributed by atoms with Crippen LogP contribution in [-0.2, 0) is 9.59 Å². The van der Waals surface area contributed by atoms with E-state index in [9.17, 15) is 9.59 Å². The predicted molar refractivity (Wildman–Crippen MR) is 55.8 cm³/mol. The molecule has 2 amide bonds. The Hall–Kier alpha value is -1.06. The number of amides is 2. The zero-order valence-corrected chi connectivity index (χ0v) is 9.68. The van der Waals surface area contributed by atoms with Gasteiger partial charge in [0.25, 0.3) is 0 Å². The van der Waals surface area contributed by atoms with Gasteiger partial charge in [0.15, 0.2) is 0 Å². The average Bonchev–Trinajstić information content (AvgIpc) is 1.94. The highest BCUT2D eigenvalue weighted by Gasteiger charge is 2.22. The van der Waals surface area contributed by atoms with Crippen LogP contribution in [-0.4, -0.2) is 35.3 Å². The SMILES string of the molecule is CC(=O)NCCN(C(C)=O)C(C)(C)C. The Kier molecular flexibility index (Phi) is 4.60. The second-order valence-electron chi connectivity index (χ2n) is 4.32. The van der Waals surface area contributed by atoms with E-state index in [1.807, 2.05) is 20.8 Å². The Morgan fingerprint density at radius 1 is 1.21 bits per heavy atom. The summed E-state index contributed by atoms with van der Waals surface area (Å²) in [7, 11) is 0. The van der Waals surface area contributed by atoms with Crippen molar-refractivity contribution in [3.8, 4) is 0 Å². The fourth-order valence-electron chi connectivity index (χ4n) is 1.31. The molecule has 1 N–H and O–H groups in total. The van der Waals surface area contributed by atoms with Crippen LogP contribution in [0, 0.1) is 0 Å². The molecule has 4 nitrogen and oxygen atoms in total. The maximum atomic E-state index is 11.3. The van der Waals surface area contributed by atoms with Crippen molar-refractivity contribution in [1.82, 2.24) is 10.2 Å². The first-order chi connectivity index (χ1) is 6.25. The molecule has 4 heteroatoms. The number of nitrogens with one attached hydrogen (secondary N) is 1. The first-order valence-electron chi connectivity index (χ1n) is 4.78. The summed E-state index contributed by atoms with van der Waals surface area (Å²) in [4.78, 5) is 23.6. The van der Waals surface area contributed by atoms with Gasteiger partial charge in [-0.25, -0.2) is 0 Å². The molecular formula is C10H20N2O2. The highest BCUT2D eigenvalue weighted by molar-refractivity contribution is 5.74. The Balaban J connectivity index is 4.13. The van der Waals surface area contributed by atoms with Gasteiger partial charge in [0.2, 0.25) is 11.8 Å². The monoisotopic (exact) mass is 200 g/mol. The van der Waals surface area contributed by atoms with E-state index in [0.717, 1.165) is 0 Å². The molecule has 0 spiro atoms. The van der Waals surface area contributed by atoms with Crippen LogP contribution >= 0.6 is 0 Å². The van der Waals surface area contributed by atoms with Gasteiger partial charge in [-0.05, 0) is 20.8 Å². The number of rotatable bonds is 3. The molecule has 0 aliphatic rings. The molecule has 0 aliphatic carbocycles. The number of hydrogen-bond acceptors (Lipinski definition) is 2. The van der Waals surface area contributed by atoms with Crippen LogP contribution in [0.15, 0.2) is 0 Å². The van der Waals surface area contributed by atoms with Gasteiger partial charge in [0.05, 0.1) is 0 Å². The molecule has 0 saturated carbocycles. The van der Waals surface area contributed by atoms with Crippen LogP contribution in [0.25, 0.3) is 0 Å². The predicted octanol–water partition coefficient (Wildman–Crippen LogP) is 0.769. The van der Waals surface area contributed by atoms with E-state index >= 15 is 0 Å². The molecule has 0 radical (unpaired) electrons. The fraction of sp³-hybridized carbons (Fsp3) is 0.800. The first kappa shape index (κ1) is 12.9. The lowest BCUT2D eigenvalue weighted by molar-refractivity contribution is -0.133. The molecule has 0 unspecified atom stereocenters. The van der Waals surface area contributed by atoms with Gasteiger partial charge in [0, 0.05) is 32.5 Å². The van der Waals surface area contributed by atoms with Crippen molar-refractivity contribution in [2.45, 2.75) is 40.2 Å². The highest BCUT2D eigenvalue weighted by atomic mass is 16.2. The molecule has 82 valence electrons. The lowest BCUT2D eigenvalue weighted by atomic mass is 10.1. The summed E-state index contributed by atoms with van der Waals surface area (Å²) in [6.07, 6.45) is 0. The Morgan fingerprint density at radius 3 is 2.00 bits per heavy atom. The van der Waals surface area contributed by atoms with Gasteiger partial charge in [-0.15, -0.1) is 0 Å². The molecule has 0 fully saturated rings. The number of carbonyl (C=O) groups is 2. The van der Waals surface area contributed by atoms with E-state index in [2.05, 4.69) is 5.32 Å². The molecule has 0 rings (SSSR count). The molecule has 0 aromatic heterocycles. The second kappa shape index (κ2) is 4.98. The van der Waals surface area contributed by atoms with Gasteiger partial charge < -0.3 is 10.2 Å². The molecule has 0 saturated heterocycles. The van der Waals surface area contributed by atoms with Gasteiger partial charge in [-0.1, -0.05) is 0 Å². The van der Waals surface area contributed by atoms with E-state index in [4.69, 9.17) is 0 Å². The summed E-state index contributed by atoms with van der Waals surface area (Å²) in [6.45, 7) is 9.99. The zero-order valence-electron chi connectivity index (χ0n) is 9.68. The quantitative estimate of drug-likeness (QED) is 0.731. The summed E-state index contributed by atoms with van der Waals surface area (Å²) in [5.74, 6) is -0.0368. The van der Waals surface area contributed by atoms with Crippen LogP contribution in [0.4, 0.5) is 0 Å². The average molecular weight is 200 g/mol. The smallest absolute Gasteiger partial charge is 0.219 e. The third-order valence-corrected chi connectivity index (χ3v) is 1.90. The van der Waals surface area contributed by atoms with Crippen molar-refractivity contribution in [1.29, 1.82) is 0 Å². The topological polar surface area (TPSA) is 49.4 Å². The van der Waals surface area contributed by atoms with E-state index in [1.54, 1.807) is 11.8 Å². The van der Waals surface area contributed by atoms with Crippen molar-refractivity contribution in [3.05, 3.63) is 0 Å². The summed E-state index contributed by atoms with van der Waals surface area (Å²) in [5, 5.41) is 2.67. The lowest BCUT2D eigenvalue weighted by Gasteiger charge is -2.34. The summed E-state index contributed by atoms with van der Waals surface area (Å²) >= 11 is 0. The maximum absolute atomic E-state index is 11.3. The number of carbonyl (C=O) groups excluding carboxylic acids is 2. The normalized spacial score (nSPS) is 10.9. The van der Waals surface area contributed by atoms with Crippen LogP contribution in [0.3, 0.4) is 0 Å². The van der Waals surface area contributed by atoms with Crippen LogP contribution < -0.4 is 5.32 Å². The van der Waals surface area contributed by atoms with Crippen LogP contribution in [0.1, 0.15) is 34.6 Å².